The van der Waals surface area contributed by atoms with Gasteiger partial charge in [-0.2, -0.15) is 0 Å². The minimum Gasteiger partial charge on any atom is -0.317 e. The molecular weight excluding hydrogens is 287 g/mol. The highest BCUT2D eigenvalue weighted by molar-refractivity contribution is 5.85. The molecule has 2 nitrogen and oxygen atoms in total. The van der Waals surface area contributed by atoms with Crippen molar-refractivity contribution in [1.29, 1.82) is 0 Å². The van der Waals surface area contributed by atoms with E-state index < -0.39 is 0 Å². The Labute approximate surface area is 133 Å². The Morgan fingerprint density at radius 1 is 1.24 bits per heavy atom. The highest BCUT2D eigenvalue weighted by Gasteiger charge is 2.38. The smallest absolute Gasteiger partial charge is 0.127 e. The summed E-state index contributed by atoms with van der Waals surface area (Å²) in [5, 5.41) is 3.45. The van der Waals surface area contributed by atoms with Crippen LogP contribution >= 0.6 is 12.4 Å². The van der Waals surface area contributed by atoms with Crippen LogP contribution in [0.15, 0.2) is 18.2 Å². The Morgan fingerprint density at radius 3 is 2.71 bits per heavy atom. The van der Waals surface area contributed by atoms with Crippen LogP contribution in [0.1, 0.15) is 37.3 Å². The Morgan fingerprint density at radius 2 is 2.00 bits per heavy atom. The number of piperidine rings is 1. The Balaban J connectivity index is 0.00000161. The minimum absolute atomic E-state index is 0. The number of hydrogen-bond acceptors (Lipinski definition) is 2. The fraction of sp³-hybridized carbons (Fsp3) is 0.647. The van der Waals surface area contributed by atoms with Crippen molar-refractivity contribution in [2.75, 3.05) is 26.2 Å². The lowest BCUT2D eigenvalue weighted by Crippen LogP contribution is -2.38. The first kappa shape index (κ1) is 16.7. The molecule has 0 unspecified atom stereocenters. The van der Waals surface area contributed by atoms with E-state index in [1.54, 1.807) is 6.07 Å². The molecule has 0 saturated carbocycles. The molecule has 1 aromatic rings. The zero-order valence-electron chi connectivity index (χ0n) is 12.8. The average molecular weight is 313 g/mol. The van der Waals surface area contributed by atoms with Crippen molar-refractivity contribution < 1.29 is 4.39 Å². The molecule has 0 atom stereocenters. The summed E-state index contributed by atoms with van der Waals surface area (Å²) < 4.78 is 14.1. The second-order valence-corrected chi connectivity index (χ2v) is 6.44. The van der Waals surface area contributed by atoms with Crippen molar-refractivity contribution in [1.82, 2.24) is 10.2 Å². The van der Waals surface area contributed by atoms with Crippen molar-refractivity contribution in [2.24, 2.45) is 5.41 Å². The number of nitrogens with zero attached hydrogens (tertiary/aromatic N) is 1. The van der Waals surface area contributed by atoms with E-state index in [1.165, 1.54) is 19.3 Å². The van der Waals surface area contributed by atoms with Crippen LogP contribution in [0, 0.1) is 11.2 Å². The van der Waals surface area contributed by atoms with E-state index in [-0.39, 0.29) is 18.2 Å². The Kier molecular flexibility index (Phi) is 5.64. The predicted octanol–water partition coefficient (Wildman–Crippen LogP) is 3.39. The molecule has 2 saturated heterocycles. The van der Waals surface area contributed by atoms with Crippen molar-refractivity contribution in [3.63, 3.8) is 0 Å². The van der Waals surface area contributed by atoms with Crippen LogP contribution in [0.2, 0.25) is 0 Å². The number of benzene rings is 1. The van der Waals surface area contributed by atoms with Crippen LogP contribution in [0.25, 0.3) is 0 Å². The fourth-order valence-electron chi connectivity index (χ4n) is 3.86. The van der Waals surface area contributed by atoms with Crippen LogP contribution in [0.3, 0.4) is 0 Å². The molecule has 0 radical (unpaired) electrons. The van der Waals surface area contributed by atoms with Gasteiger partial charge in [-0.25, -0.2) is 4.39 Å². The van der Waals surface area contributed by atoms with E-state index in [9.17, 15) is 4.39 Å². The SMILES string of the molecule is CCc1cccc(F)c1CN1CCC2(CCNCC2)C1.Cl. The maximum atomic E-state index is 14.1. The summed E-state index contributed by atoms with van der Waals surface area (Å²) in [5.41, 5.74) is 2.58. The van der Waals surface area contributed by atoms with Crippen LogP contribution < -0.4 is 5.32 Å². The molecule has 2 heterocycles. The second kappa shape index (κ2) is 7.08. The largest absolute Gasteiger partial charge is 0.317 e. The van der Waals surface area contributed by atoms with Gasteiger partial charge in [-0.3, -0.25) is 4.90 Å². The van der Waals surface area contributed by atoms with Crippen LogP contribution in [0.5, 0.6) is 0 Å². The highest BCUT2D eigenvalue weighted by Crippen LogP contribution is 2.39. The maximum Gasteiger partial charge on any atom is 0.127 e. The van der Waals surface area contributed by atoms with Crippen molar-refractivity contribution in [3.8, 4) is 0 Å². The van der Waals surface area contributed by atoms with Crippen LogP contribution in [-0.4, -0.2) is 31.1 Å². The molecule has 1 spiro atoms. The number of aryl methyl sites for hydroxylation is 1. The van der Waals surface area contributed by atoms with Gasteiger partial charge in [0.2, 0.25) is 0 Å². The van der Waals surface area contributed by atoms with E-state index in [0.29, 0.717) is 5.41 Å². The summed E-state index contributed by atoms with van der Waals surface area (Å²) in [6, 6.07) is 5.50. The Bertz CT molecular complexity index is 472. The lowest BCUT2D eigenvalue weighted by molar-refractivity contribution is 0.193. The standard InChI is InChI=1S/C17H25FN2.ClH/c1-2-14-4-3-5-16(18)15(14)12-20-11-8-17(13-20)6-9-19-10-7-17;/h3-5,19H,2,6-13H2,1H3;1H. The van der Waals surface area contributed by atoms with Gasteiger partial charge < -0.3 is 5.32 Å². The third-order valence-corrected chi connectivity index (χ3v) is 5.16. The van der Waals surface area contributed by atoms with Crippen molar-refractivity contribution >= 4 is 12.4 Å². The molecule has 2 aliphatic heterocycles. The van der Waals surface area contributed by atoms with Gasteiger partial charge in [-0.05, 0) is 62.4 Å². The lowest BCUT2D eigenvalue weighted by Gasteiger charge is -2.34. The summed E-state index contributed by atoms with van der Waals surface area (Å²) in [5.74, 6) is -0.0318. The normalized spacial score (nSPS) is 21.4. The maximum absolute atomic E-state index is 14.1. The summed E-state index contributed by atoms with van der Waals surface area (Å²) in [4.78, 5) is 2.46. The highest BCUT2D eigenvalue weighted by atomic mass is 35.5. The third-order valence-electron chi connectivity index (χ3n) is 5.16. The molecule has 0 bridgehead atoms. The van der Waals surface area contributed by atoms with Gasteiger partial charge in [0, 0.05) is 18.7 Å². The third kappa shape index (κ3) is 3.58. The van der Waals surface area contributed by atoms with E-state index in [0.717, 1.165) is 50.3 Å². The quantitative estimate of drug-likeness (QED) is 0.920. The molecular formula is C17H26ClFN2. The lowest BCUT2D eigenvalue weighted by atomic mass is 9.78. The average Bonchev–Trinajstić information content (AvgIpc) is 2.84. The van der Waals surface area contributed by atoms with Gasteiger partial charge in [-0.1, -0.05) is 19.1 Å². The fourth-order valence-corrected chi connectivity index (χ4v) is 3.86. The molecule has 3 rings (SSSR count). The van der Waals surface area contributed by atoms with Crippen molar-refractivity contribution in [2.45, 2.75) is 39.2 Å². The molecule has 0 aliphatic carbocycles. The van der Waals surface area contributed by atoms with Gasteiger partial charge in [0.15, 0.2) is 0 Å². The zero-order chi connectivity index (χ0) is 14.0. The van der Waals surface area contributed by atoms with Gasteiger partial charge in [0.1, 0.15) is 5.82 Å². The summed E-state index contributed by atoms with van der Waals surface area (Å²) >= 11 is 0. The van der Waals surface area contributed by atoms with Crippen LogP contribution in [0.4, 0.5) is 4.39 Å². The van der Waals surface area contributed by atoms with Gasteiger partial charge in [-0.15, -0.1) is 12.4 Å². The molecule has 1 N–H and O–H groups in total. The van der Waals surface area contributed by atoms with E-state index in [2.05, 4.69) is 23.2 Å². The molecule has 4 heteroatoms. The summed E-state index contributed by atoms with van der Waals surface area (Å²) in [6.45, 7) is 7.45. The number of nitrogens with one attached hydrogen (secondary N) is 1. The first-order chi connectivity index (χ1) is 9.72. The van der Waals surface area contributed by atoms with Gasteiger partial charge in [0.25, 0.3) is 0 Å². The zero-order valence-corrected chi connectivity index (χ0v) is 13.6. The summed E-state index contributed by atoms with van der Waals surface area (Å²) in [7, 11) is 0. The van der Waals surface area contributed by atoms with E-state index >= 15 is 0 Å². The molecule has 1 aromatic carbocycles. The molecule has 0 aromatic heterocycles. The molecule has 2 aliphatic rings. The number of hydrogen-bond donors (Lipinski definition) is 1. The van der Waals surface area contributed by atoms with E-state index in [1.807, 2.05) is 6.07 Å². The minimum atomic E-state index is -0.0318. The molecule has 2 fully saturated rings. The molecule has 118 valence electrons. The van der Waals surface area contributed by atoms with Gasteiger partial charge in [0.05, 0.1) is 0 Å². The first-order valence-electron chi connectivity index (χ1n) is 7.92. The predicted molar refractivity (Wildman–Crippen MR) is 87.5 cm³/mol. The number of rotatable bonds is 3. The monoisotopic (exact) mass is 312 g/mol. The topological polar surface area (TPSA) is 15.3 Å². The summed E-state index contributed by atoms with van der Waals surface area (Å²) in [6.07, 6.45) is 4.75. The van der Waals surface area contributed by atoms with E-state index in [4.69, 9.17) is 0 Å². The van der Waals surface area contributed by atoms with Gasteiger partial charge >= 0.3 is 0 Å². The number of halogens is 2. The second-order valence-electron chi connectivity index (χ2n) is 6.44. The number of likely N-dealkylation sites (tertiary alicyclic amines) is 1. The first-order valence-corrected chi connectivity index (χ1v) is 7.92. The molecule has 0 amide bonds. The van der Waals surface area contributed by atoms with Crippen molar-refractivity contribution in [3.05, 3.63) is 35.1 Å². The van der Waals surface area contributed by atoms with Crippen LogP contribution in [-0.2, 0) is 13.0 Å². The Hall–Kier alpha value is -0.640. The molecule has 21 heavy (non-hydrogen) atoms.